The number of halogens is 1. The number of nitrogens with zero attached hydrogens (tertiary/aromatic N) is 1. The monoisotopic (exact) mass is 269 g/mol. The van der Waals surface area contributed by atoms with E-state index in [-0.39, 0.29) is 12.5 Å². The van der Waals surface area contributed by atoms with Crippen LogP contribution in [0.4, 0.5) is 0 Å². The molecule has 1 saturated heterocycles. The first-order valence-corrected chi connectivity index (χ1v) is 6.35. The summed E-state index contributed by atoms with van der Waals surface area (Å²) >= 11 is 6.14. The van der Waals surface area contributed by atoms with Crippen LogP contribution < -0.4 is 0 Å². The standard InChI is InChI=1S/C13H16ClNO3/c14-11-4-2-1-3-10(11)12-9-15(7-8-18-12)6-5-13(16)17/h1-4,12H,5-9H2,(H,16,17). The second-order valence-corrected chi connectivity index (χ2v) is 4.73. The first-order valence-electron chi connectivity index (χ1n) is 5.97. The molecule has 1 unspecified atom stereocenters. The molecule has 0 radical (unpaired) electrons. The average Bonchev–Trinajstić information content (AvgIpc) is 2.37. The molecule has 1 aromatic carbocycles. The van der Waals surface area contributed by atoms with Gasteiger partial charge >= 0.3 is 5.97 Å². The number of carboxylic acids is 1. The van der Waals surface area contributed by atoms with Gasteiger partial charge in [-0.2, -0.15) is 0 Å². The lowest BCUT2D eigenvalue weighted by atomic mass is 10.1. The number of ether oxygens (including phenoxy) is 1. The second-order valence-electron chi connectivity index (χ2n) is 4.33. The van der Waals surface area contributed by atoms with Crippen molar-refractivity contribution < 1.29 is 14.6 Å². The summed E-state index contributed by atoms with van der Waals surface area (Å²) < 4.78 is 5.71. The molecule has 5 heteroatoms. The van der Waals surface area contributed by atoms with Gasteiger partial charge in [0.15, 0.2) is 0 Å². The maximum absolute atomic E-state index is 10.6. The van der Waals surface area contributed by atoms with Crippen molar-refractivity contribution in [3.05, 3.63) is 34.9 Å². The van der Waals surface area contributed by atoms with E-state index in [0.29, 0.717) is 24.7 Å². The lowest BCUT2D eigenvalue weighted by molar-refractivity contribution is -0.137. The van der Waals surface area contributed by atoms with Crippen molar-refractivity contribution in [2.75, 3.05) is 26.2 Å². The van der Waals surface area contributed by atoms with Crippen molar-refractivity contribution in [3.63, 3.8) is 0 Å². The molecule has 2 rings (SSSR count). The summed E-state index contributed by atoms with van der Waals surface area (Å²) in [5.74, 6) is -0.768. The minimum absolute atomic E-state index is 0.0683. The maximum Gasteiger partial charge on any atom is 0.304 e. The fraction of sp³-hybridized carbons (Fsp3) is 0.462. The largest absolute Gasteiger partial charge is 0.481 e. The summed E-state index contributed by atoms with van der Waals surface area (Å²) in [5, 5.41) is 9.39. The minimum atomic E-state index is -0.768. The fourth-order valence-corrected chi connectivity index (χ4v) is 2.34. The fourth-order valence-electron chi connectivity index (χ4n) is 2.08. The Balaban J connectivity index is 1.98. The van der Waals surface area contributed by atoms with Gasteiger partial charge in [0.05, 0.1) is 19.1 Å². The normalized spacial score (nSPS) is 20.8. The van der Waals surface area contributed by atoms with E-state index in [9.17, 15) is 4.79 Å². The SMILES string of the molecule is O=C(O)CCN1CCOC(c2ccccc2Cl)C1. The Bertz CT molecular complexity index is 424. The molecule has 1 N–H and O–H groups in total. The molecular weight excluding hydrogens is 254 g/mol. The number of rotatable bonds is 4. The molecule has 1 aliphatic rings. The Hall–Kier alpha value is -1.10. The Labute approximate surface area is 111 Å². The van der Waals surface area contributed by atoms with Crippen LogP contribution in [0, 0.1) is 0 Å². The molecule has 1 atom stereocenters. The number of benzene rings is 1. The van der Waals surface area contributed by atoms with Crippen LogP contribution >= 0.6 is 11.6 Å². The molecular formula is C13H16ClNO3. The van der Waals surface area contributed by atoms with Gasteiger partial charge in [0.2, 0.25) is 0 Å². The van der Waals surface area contributed by atoms with Crippen LogP contribution in [0.15, 0.2) is 24.3 Å². The van der Waals surface area contributed by atoms with Gasteiger partial charge in [0, 0.05) is 30.2 Å². The van der Waals surface area contributed by atoms with Gasteiger partial charge in [-0.1, -0.05) is 29.8 Å². The molecule has 0 saturated carbocycles. The summed E-state index contributed by atoms with van der Waals surface area (Å²) in [5.41, 5.74) is 0.971. The lowest BCUT2D eigenvalue weighted by Gasteiger charge is -2.33. The molecule has 1 fully saturated rings. The maximum atomic E-state index is 10.6. The average molecular weight is 270 g/mol. The van der Waals surface area contributed by atoms with E-state index in [1.165, 1.54) is 0 Å². The van der Waals surface area contributed by atoms with Crippen molar-refractivity contribution >= 4 is 17.6 Å². The number of carboxylic acid groups (broad SMARTS) is 1. The van der Waals surface area contributed by atoms with Gasteiger partial charge in [-0.25, -0.2) is 0 Å². The third-order valence-corrected chi connectivity index (χ3v) is 3.39. The smallest absolute Gasteiger partial charge is 0.304 e. The molecule has 1 aromatic rings. The third-order valence-electron chi connectivity index (χ3n) is 3.04. The number of aliphatic carboxylic acids is 1. The van der Waals surface area contributed by atoms with E-state index in [0.717, 1.165) is 12.1 Å². The van der Waals surface area contributed by atoms with E-state index in [1.54, 1.807) is 0 Å². The van der Waals surface area contributed by atoms with Crippen LogP contribution in [0.3, 0.4) is 0 Å². The highest BCUT2D eigenvalue weighted by Gasteiger charge is 2.23. The van der Waals surface area contributed by atoms with Gasteiger partial charge < -0.3 is 9.84 Å². The van der Waals surface area contributed by atoms with Gasteiger partial charge in [-0.15, -0.1) is 0 Å². The van der Waals surface area contributed by atoms with E-state index in [2.05, 4.69) is 4.90 Å². The molecule has 4 nitrogen and oxygen atoms in total. The second kappa shape index (κ2) is 6.18. The quantitative estimate of drug-likeness (QED) is 0.910. The number of hydrogen-bond donors (Lipinski definition) is 1. The van der Waals surface area contributed by atoms with E-state index in [1.807, 2.05) is 24.3 Å². The van der Waals surface area contributed by atoms with E-state index < -0.39 is 5.97 Å². The predicted octanol–water partition coefficient (Wildman–Crippen LogP) is 2.19. The predicted molar refractivity (Wildman–Crippen MR) is 68.8 cm³/mol. The molecule has 0 amide bonds. The zero-order valence-electron chi connectivity index (χ0n) is 10.0. The zero-order valence-corrected chi connectivity index (χ0v) is 10.8. The Kier molecular flexibility index (Phi) is 4.58. The van der Waals surface area contributed by atoms with Crippen LogP contribution in [0.25, 0.3) is 0 Å². The molecule has 1 heterocycles. The Morgan fingerprint density at radius 1 is 1.50 bits per heavy atom. The molecule has 0 aromatic heterocycles. The number of morpholine rings is 1. The zero-order chi connectivity index (χ0) is 13.0. The van der Waals surface area contributed by atoms with Crippen molar-refractivity contribution in [2.45, 2.75) is 12.5 Å². The van der Waals surface area contributed by atoms with Gasteiger partial charge in [-0.3, -0.25) is 9.69 Å². The first-order chi connectivity index (χ1) is 8.66. The van der Waals surface area contributed by atoms with Gasteiger partial charge in [-0.05, 0) is 6.07 Å². The highest BCUT2D eigenvalue weighted by Crippen LogP contribution is 2.28. The van der Waals surface area contributed by atoms with E-state index >= 15 is 0 Å². The van der Waals surface area contributed by atoms with E-state index in [4.69, 9.17) is 21.4 Å². The minimum Gasteiger partial charge on any atom is -0.481 e. The summed E-state index contributed by atoms with van der Waals surface area (Å²) in [6.07, 6.45) is 0.0937. The van der Waals surface area contributed by atoms with Crippen molar-refractivity contribution in [2.24, 2.45) is 0 Å². The molecule has 0 bridgehead atoms. The topological polar surface area (TPSA) is 49.8 Å². The molecule has 0 aliphatic carbocycles. The highest BCUT2D eigenvalue weighted by atomic mass is 35.5. The number of hydrogen-bond acceptors (Lipinski definition) is 3. The lowest BCUT2D eigenvalue weighted by Crippen LogP contribution is -2.39. The molecule has 0 spiro atoms. The molecule has 1 aliphatic heterocycles. The summed E-state index contributed by atoms with van der Waals surface area (Å²) in [6, 6.07) is 7.61. The Morgan fingerprint density at radius 2 is 2.28 bits per heavy atom. The van der Waals surface area contributed by atoms with Crippen molar-refractivity contribution in [3.8, 4) is 0 Å². The first kappa shape index (κ1) is 13.3. The van der Waals surface area contributed by atoms with Crippen LogP contribution in [-0.2, 0) is 9.53 Å². The Morgan fingerprint density at radius 3 is 3.00 bits per heavy atom. The van der Waals surface area contributed by atoms with Crippen LogP contribution in [0.1, 0.15) is 18.1 Å². The van der Waals surface area contributed by atoms with Crippen LogP contribution in [-0.4, -0.2) is 42.2 Å². The van der Waals surface area contributed by atoms with Crippen molar-refractivity contribution in [1.82, 2.24) is 4.90 Å². The summed E-state index contributed by atoms with van der Waals surface area (Å²) in [7, 11) is 0. The summed E-state index contributed by atoms with van der Waals surface area (Å²) in [6.45, 7) is 2.63. The van der Waals surface area contributed by atoms with Crippen molar-refractivity contribution in [1.29, 1.82) is 0 Å². The van der Waals surface area contributed by atoms with Gasteiger partial charge in [0.1, 0.15) is 0 Å². The van der Waals surface area contributed by atoms with Crippen LogP contribution in [0.2, 0.25) is 5.02 Å². The molecule has 98 valence electrons. The molecule has 18 heavy (non-hydrogen) atoms. The highest BCUT2D eigenvalue weighted by molar-refractivity contribution is 6.31. The van der Waals surface area contributed by atoms with Gasteiger partial charge in [0.25, 0.3) is 0 Å². The van der Waals surface area contributed by atoms with Crippen LogP contribution in [0.5, 0.6) is 0 Å². The third kappa shape index (κ3) is 3.45. The number of carbonyl (C=O) groups is 1. The summed E-state index contributed by atoms with van der Waals surface area (Å²) in [4.78, 5) is 12.7.